The lowest BCUT2D eigenvalue weighted by Crippen LogP contribution is -2.39. The molecule has 6 heteroatoms. The number of aryl methyl sites for hydroxylation is 1. The van der Waals surface area contributed by atoms with E-state index in [9.17, 15) is 9.90 Å². The van der Waals surface area contributed by atoms with Crippen LogP contribution in [0.1, 0.15) is 24.3 Å². The zero-order chi connectivity index (χ0) is 16.1. The lowest BCUT2D eigenvalue weighted by Gasteiger charge is -2.19. The Kier molecular flexibility index (Phi) is 5.46. The Balaban J connectivity index is 1.99. The summed E-state index contributed by atoms with van der Waals surface area (Å²) >= 11 is 5.89. The summed E-state index contributed by atoms with van der Waals surface area (Å²) in [4.78, 5) is 12.2. The molecular weight excluding hydrogens is 306 g/mol. The third-order valence-corrected chi connectivity index (χ3v) is 3.43. The van der Waals surface area contributed by atoms with Crippen LogP contribution in [0.5, 0.6) is 5.75 Å². The lowest BCUT2D eigenvalue weighted by molar-refractivity contribution is -0.128. The van der Waals surface area contributed by atoms with Gasteiger partial charge in [-0.3, -0.25) is 4.79 Å². The van der Waals surface area contributed by atoms with Gasteiger partial charge in [0.25, 0.3) is 5.91 Å². The fourth-order valence-corrected chi connectivity index (χ4v) is 2.20. The van der Waals surface area contributed by atoms with Crippen LogP contribution in [-0.2, 0) is 4.79 Å². The van der Waals surface area contributed by atoms with Crippen LogP contribution in [0.4, 0.5) is 0 Å². The number of nitrogens with one attached hydrogen (secondary N) is 1. The highest BCUT2D eigenvalue weighted by molar-refractivity contribution is 6.30. The minimum Gasteiger partial charge on any atom is -0.481 e. The summed E-state index contributed by atoms with van der Waals surface area (Å²) in [6.45, 7) is 3.23. The molecule has 0 aliphatic rings. The maximum Gasteiger partial charge on any atom is 0.261 e. The van der Waals surface area contributed by atoms with E-state index in [0.29, 0.717) is 16.5 Å². The smallest absolute Gasteiger partial charge is 0.261 e. The average Bonchev–Trinajstić information content (AvgIpc) is 3.01. The molecule has 2 N–H and O–H groups in total. The Morgan fingerprint density at radius 1 is 1.45 bits per heavy atom. The highest BCUT2D eigenvalue weighted by Crippen LogP contribution is 2.23. The van der Waals surface area contributed by atoms with E-state index in [1.165, 1.54) is 6.26 Å². The topological polar surface area (TPSA) is 71.7 Å². The van der Waals surface area contributed by atoms with Crippen molar-refractivity contribution in [3.05, 3.63) is 52.9 Å². The molecule has 0 aliphatic carbocycles. The molecule has 0 fully saturated rings. The minimum atomic E-state index is -0.719. The number of hydrogen-bond donors (Lipinski definition) is 2. The maximum absolute atomic E-state index is 12.2. The lowest BCUT2D eigenvalue weighted by atomic mass is 10.2. The number of aliphatic hydroxyl groups is 1. The Labute approximate surface area is 133 Å². The van der Waals surface area contributed by atoms with Gasteiger partial charge in [0.05, 0.1) is 12.9 Å². The fraction of sp³-hybridized carbons (Fsp3) is 0.312. The summed E-state index contributed by atoms with van der Waals surface area (Å²) in [5.74, 6) is 0.737. The number of rotatable bonds is 6. The SMILES string of the molecule is Cc1cc(Cl)ccc1OC(C)C(=O)NC(CO)c1ccco1. The molecule has 2 atom stereocenters. The number of hydrogen-bond acceptors (Lipinski definition) is 4. The molecule has 0 spiro atoms. The van der Waals surface area contributed by atoms with Gasteiger partial charge in [-0.15, -0.1) is 0 Å². The van der Waals surface area contributed by atoms with E-state index < -0.39 is 12.1 Å². The molecule has 2 aromatic rings. The van der Waals surface area contributed by atoms with Gasteiger partial charge in [0, 0.05) is 5.02 Å². The molecule has 2 rings (SSSR count). The van der Waals surface area contributed by atoms with Gasteiger partial charge < -0.3 is 19.6 Å². The molecule has 1 heterocycles. The van der Waals surface area contributed by atoms with E-state index in [0.717, 1.165) is 5.56 Å². The van der Waals surface area contributed by atoms with Crippen molar-refractivity contribution in [2.75, 3.05) is 6.61 Å². The zero-order valence-electron chi connectivity index (χ0n) is 12.4. The second-order valence-corrected chi connectivity index (χ2v) is 5.37. The van der Waals surface area contributed by atoms with Crippen molar-refractivity contribution in [2.24, 2.45) is 0 Å². The number of halogens is 1. The standard InChI is InChI=1S/C16H18ClNO4/c1-10-8-12(17)5-6-14(10)22-11(2)16(20)18-13(9-19)15-4-3-7-21-15/h3-8,11,13,19H,9H2,1-2H3,(H,18,20). The molecule has 0 saturated heterocycles. The first-order valence-electron chi connectivity index (χ1n) is 6.88. The molecule has 2 unspecified atom stereocenters. The molecule has 118 valence electrons. The van der Waals surface area contributed by atoms with Crippen LogP contribution in [0, 0.1) is 6.92 Å². The first-order chi connectivity index (χ1) is 10.5. The summed E-state index contributed by atoms with van der Waals surface area (Å²) in [6.07, 6.45) is 0.769. The third-order valence-electron chi connectivity index (χ3n) is 3.20. The van der Waals surface area contributed by atoms with Gasteiger partial charge in [0.1, 0.15) is 17.6 Å². The van der Waals surface area contributed by atoms with Crippen molar-refractivity contribution >= 4 is 17.5 Å². The number of amides is 1. The molecule has 0 bridgehead atoms. The molecule has 0 aliphatic heterocycles. The van der Waals surface area contributed by atoms with Crippen LogP contribution >= 0.6 is 11.6 Å². The van der Waals surface area contributed by atoms with Crippen LogP contribution < -0.4 is 10.1 Å². The van der Waals surface area contributed by atoms with Gasteiger partial charge in [-0.2, -0.15) is 0 Å². The van der Waals surface area contributed by atoms with Crippen LogP contribution in [0.25, 0.3) is 0 Å². The fourth-order valence-electron chi connectivity index (χ4n) is 1.97. The minimum absolute atomic E-state index is 0.258. The van der Waals surface area contributed by atoms with Gasteiger partial charge in [-0.1, -0.05) is 11.6 Å². The van der Waals surface area contributed by atoms with Gasteiger partial charge >= 0.3 is 0 Å². The second-order valence-electron chi connectivity index (χ2n) is 4.93. The van der Waals surface area contributed by atoms with Crippen molar-refractivity contribution in [2.45, 2.75) is 26.0 Å². The molecule has 1 aromatic heterocycles. The number of benzene rings is 1. The number of carbonyl (C=O) groups excluding carboxylic acids is 1. The van der Waals surface area contributed by atoms with Crippen LogP contribution in [0.2, 0.25) is 5.02 Å². The highest BCUT2D eigenvalue weighted by atomic mass is 35.5. The van der Waals surface area contributed by atoms with Crippen molar-refractivity contribution in [1.82, 2.24) is 5.32 Å². The molecule has 0 saturated carbocycles. The molecule has 1 amide bonds. The number of aliphatic hydroxyl groups excluding tert-OH is 1. The summed E-state index contributed by atoms with van der Waals surface area (Å²) in [5.41, 5.74) is 0.844. The predicted molar refractivity (Wildman–Crippen MR) is 83.0 cm³/mol. The molecule has 22 heavy (non-hydrogen) atoms. The Hall–Kier alpha value is -1.98. The van der Waals surface area contributed by atoms with Gasteiger partial charge in [0.15, 0.2) is 6.10 Å². The van der Waals surface area contributed by atoms with E-state index in [1.807, 2.05) is 6.92 Å². The van der Waals surface area contributed by atoms with Crippen molar-refractivity contribution in [1.29, 1.82) is 0 Å². The normalized spacial score (nSPS) is 13.5. The molecule has 5 nitrogen and oxygen atoms in total. The van der Waals surface area contributed by atoms with Gasteiger partial charge in [-0.05, 0) is 49.7 Å². The summed E-state index contributed by atoms with van der Waals surface area (Å²) < 4.78 is 10.8. The van der Waals surface area contributed by atoms with Crippen LogP contribution in [0.3, 0.4) is 0 Å². The monoisotopic (exact) mass is 323 g/mol. The van der Waals surface area contributed by atoms with E-state index in [1.54, 1.807) is 37.3 Å². The first kappa shape index (κ1) is 16.4. The van der Waals surface area contributed by atoms with Crippen molar-refractivity contribution in [3.63, 3.8) is 0 Å². The second kappa shape index (κ2) is 7.33. The Morgan fingerprint density at radius 3 is 2.82 bits per heavy atom. The Morgan fingerprint density at radius 2 is 2.23 bits per heavy atom. The number of furan rings is 1. The van der Waals surface area contributed by atoms with Gasteiger partial charge in [0.2, 0.25) is 0 Å². The highest BCUT2D eigenvalue weighted by Gasteiger charge is 2.21. The number of ether oxygens (including phenoxy) is 1. The summed E-state index contributed by atoms with van der Waals surface area (Å²) in [6, 6.07) is 7.98. The quantitative estimate of drug-likeness (QED) is 0.857. The third kappa shape index (κ3) is 4.02. The van der Waals surface area contributed by atoms with E-state index >= 15 is 0 Å². The maximum atomic E-state index is 12.2. The van der Waals surface area contributed by atoms with Crippen LogP contribution in [0.15, 0.2) is 41.0 Å². The summed E-state index contributed by atoms with van der Waals surface area (Å²) in [5, 5.41) is 12.7. The largest absolute Gasteiger partial charge is 0.481 e. The predicted octanol–water partition coefficient (Wildman–Crippen LogP) is 2.86. The first-order valence-corrected chi connectivity index (χ1v) is 7.26. The van der Waals surface area contributed by atoms with Crippen molar-refractivity contribution in [3.8, 4) is 5.75 Å². The zero-order valence-corrected chi connectivity index (χ0v) is 13.1. The molecule has 0 radical (unpaired) electrons. The van der Waals surface area contributed by atoms with Crippen molar-refractivity contribution < 1.29 is 19.1 Å². The molecule has 1 aromatic carbocycles. The average molecular weight is 324 g/mol. The van der Waals surface area contributed by atoms with E-state index in [2.05, 4.69) is 5.32 Å². The van der Waals surface area contributed by atoms with E-state index in [4.69, 9.17) is 20.8 Å². The number of carbonyl (C=O) groups is 1. The summed E-state index contributed by atoms with van der Waals surface area (Å²) in [7, 11) is 0. The van der Waals surface area contributed by atoms with Gasteiger partial charge in [-0.25, -0.2) is 0 Å². The van der Waals surface area contributed by atoms with Crippen LogP contribution in [-0.4, -0.2) is 23.7 Å². The Bertz CT molecular complexity index is 627. The molecular formula is C16H18ClNO4. The van der Waals surface area contributed by atoms with E-state index in [-0.39, 0.29) is 12.5 Å².